The van der Waals surface area contributed by atoms with Gasteiger partial charge in [0.1, 0.15) is 0 Å². The third kappa shape index (κ3) is 5.20. The van der Waals surface area contributed by atoms with E-state index in [9.17, 15) is 4.79 Å². The van der Waals surface area contributed by atoms with E-state index in [0.29, 0.717) is 6.42 Å². The van der Waals surface area contributed by atoms with Crippen LogP contribution >= 0.6 is 0 Å². The predicted molar refractivity (Wildman–Crippen MR) is 72.1 cm³/mol. The number of hydrogen-bond acceptors (Lipinski definition) is 1. The van der Waals surface area contributed by atoms with Gasteiger partial charge in [-0.05, 0) is 18.9 Å². The van der Waals surface area contributed by atoms with E-state index < -0.39 is 5.97 Å². The third-order valence-electron chi connectivity index (χ3n) is 2.16. The van der Waals surface area contributed by atoms with Crippen molar-refractivity contribution in [3.05, 3.63) is 34.5 Å². The normalized spacial score (nSPS) is 11.4. The summed E-state index contributed by atoms with van der Waals surface area (Å²) in [6.07, 6.45) is 8.28. The second-order valence-corrected chi connectivity index (χ2v) is 3.29. The van der Waals surface area contributed by atoms with Crippen LogP contribution < -0.4 is 10.6 Å². The lowest BCUT2D eigenvalue weighted by molar-refractivity contribution is -0.136. The van der Waals surface area contributed by atoms with E-state index in [1.807, 2.05) is 45.2 Å². The maximum absolute atomic E-state index is 10.5. The molecule has 0 radical (unpaired) electrons. The van der Waals surface area contributed by atoms with Crippen LogP contribution in [0.15, 0.2) is 18.3 Å². The van der Waals surface area contributed by atoms with Crippen LogP contribution in [0.25, 0.3) is 12.7 Å². The highest BCUT2D eigenvalue weighted by Gasteiger charge is 2.01. The van der Waals surface area contributed by atoms with E-state index in [0.717, 1.165) is 16.1 Å². The first-order valence-corrected chi connectivity index (χ1v) is 5.85. The van der Waals surface area contributed by atoms with E-state index >= 15 is 0 Å². The van der Waals surface area contributed by atoms with Crippen molar-refractivity contribution < 1.29 is 9.90 Å². The van der Waals surface area contributed by atoms with Crippen LogP contribution in [0.3, 0.4) is 0 Å². The zero-order valence-corrected chi connectivity index (χ0v) is 10.8. The fourth-order valence-electron chi connectivity index (χ4n) is 1.37. The van der Waals surface area contributed by atoms with Crippen molar-refractivity contribution in [1.82, 2.24) is 4.98 Å². The van der Waals surface area contributed by atoms with Gasteiger partial charge in [0.2, 0.25) is 0 Å². The second kappa shape index (κ2) is 8.39. The number of H-pyrrole nitrogens is 1. The smallest absolute Gasteiger partial charge is 0.303 e. The van der Waals surface area contributed by atoms with E-state index in [1.54, 1.807) is 0 Å². The van der Waals surface area contributed by atoms with Crippen molar-refractivity contribution in [3.8, 4) is 0 Å². The Kier molecular flexibility index (Phi) is 7.52. The van der Waals surface area contributed by atoms with Crippen molar-refractivity contribution in [2.24, 2.45) is 0 Å². The van der Waals surface area contributed by atoms with Gasteiger partial charge in [-0.1, -0.05) is 38.7 Å². The minimum atomic E-state index is -0.779. The molecule has 3 nitrogen and oxygen atoms in total. The first kappa shape index (κ1) is 15.2. The average molecular weight is 235 g/mol. The van der Waals surface area contributed by atoms with Crippen LogP contribution in [-0.2, 0) is 11.2 Å². The van der Waals surface area contributed by atoms with Gasteiger partial charge in [-0.25, -0.2) is 0 Å². The number of carbonyl (C=O) groups is 1. The van der Waals surface area contributed by atoms with Gasteiger partial charge < -0.3 is 10.1 Å². The molecule has 0 aliphatic rings. The molecular formula is C14H21NO2. The molecule has 0 bridgehead atoms. The maximum atomic E-state index is 10.5. The number of carboxylic acids is 1. The summed E-state index contributed by atoms with van der Waals surface area (Å²) in [5.74, 6) is -0.779. The predicted octanol–water partition coefficient (Wildman–Crippen LogP) is 1.82. The van der Waals surface area contributed by atoms with Crippen molar-refractivity contribution in [1.29, 1.82) is 0 Å². The summed E-state index contributed by atoms with van der Waals surface area (Å²) in [5, 5.41) is 10.4. The largest absolute Gasteiger partial charge is 0.481 e. The molecule has 0 aromatic carbocycles. The molecule has 0 atom stereocenters. The summed E-state index contributed by atoms with van der Waals surface area (Å²) in [5.41, 5.74) is 1.00. The molecule has 1 rings (SSSR count). The Balaban J connectivity index is 0.00000121. The highest BCUT2D eigenvalue weighted by atomic mass is 16.4. The molecule has 0 fully saturated rings. The Bertz CT molecular complexity index is 469. The number of rotatable bonds is 4. The van der Waals surface area contributed by atoms with Crippen LogP contribution in [-0.4, -0.2) is 16.1 Å². The SMILES string of the molecule is C=c1[nH]cc(CCC(=O)O)/c1=C/C=C\C.CC. The quantitative estimate of drug-likeness (QED) is 0.836. The zero-order chi connectivity index (χ0) is 13.3. The number of aromatic nitrogens is 1. The third-order valence-corrected chi connectivity index (χ3v) is 2.16. The van der Waals surface area contributed by atoms with Gasteiger partial charge in [0, 0.05) is 23.2 Å². The minimum absolute atomic E-state index is 0.147. The summed E-state index contributed by atoms with van der Waals surface area (Å²) in [4.78, 5) is 13.5. The van der Waals surface area contributed by atoms with Gasteiger partial charge in [0.05, 0.1) is 0 Å². The van der Waals surface area contributed by atoms with Gasteiger partial charge >= 0.3 is 5.97 Å². The van der Waals surface area contributed by atoms with Crippen LogP contribution in [0.1, 0.15) is 32.8 Å². The fraction of sp³-hybridized carbons (Fsp3) is 0.357. The lowest BCUT2D eigenvalue weighted by Gasteiger charge is -1.92. The average Bonchev–Trinajstić information content (AvgIpc) is 2.67. The van der Waals surface area contributed by atoms with Gasteiger partial charge in [-0.2, -0.15) is 0 Å². The Morgan fingerprint density at radius 1 is 1.53 bits per heavy atom. The molecule has 0 aliphatic carbocycles. The number of allylic oxidation sites excluding steroid dienone is 2. The Labute approximate surface area is 102 Å². The summed E-state index contributed by atoms with van der Waals surface area (Å²) in [6.45, 7) is 9.79. The van der Waals surface area contributed by atoms with Crippen LogP contribution in [0.4, 0.5) is 0 Å². The van der Waals surface area contributed by atoms with Crippen molar-refractivity contribution in [3.63, 3.8) is 0 Å². The molecule has 0 saturated heterocycles. The fourth-order valence-corrected chi connectivity index (χ4v) is 1.37. The van der Waals surface area contributed by atoms with Crippen LogP contribution in [0.2, 0.25) is 0 Å². The first-order valence-electron chi connectivity index (χ1n) is 5.85. The molecule has 3 heteroatoms. The van der Waals surface area contributed by atoms with Crippen molar-refractivity contribution >= 4 is 18.6 Å². The molecule has 0 unspecified atom stereocenters. The molecule has 1 aromatic heterocycles. The van der Waals surface area contributed by atoms with Crippen LogP contribution in [0.5, 0.6) is 0 Å². The topological polar surface area (TPSA) is 53.1 Å². The van der Waals surface area contributed by atoms with E-state index in [1.165, 1.54) is 0 Å². The Hall–Kier alpha value is -1.77. The zero-order valence-electron chi connectivity index (χ0n) is 10.8. The molecule has 0 amide bonds. The van der Waals surface area contributed by atoms with E-state index in [2.05, 4.69) is 11.6 Å². The van der Waals surface area contributed by atoms with Gasteiger partial charge in [-0.15, -0.1) is 0 Å². The Morgan fingerprint density at radius 3 is 2.71 bits per heavy atom. The van der Waals surface area contributed by atoms with Crippen LogP contribution in [0, 0.1) is 0 Å². The molecule has 17 heavy (non-hydrogen) atoms. The number of carboxylic acid groups (broad SMARTS) is 1. The summed E-state index contributed by atoms with van der Waals surface area (Å²) in [6, 6.07) is 0. The van der Waals surface area contributed by atoms with Gasteiger partial charge in [-0.3, -0.25) is 4.79 Å². The molecule has 0 aliphatic heterocycles. The summed E-state index contributed by atoms with van der Waals surface area (Å²) in [7, 11) is 0. The number of hydrogen-bond donors (Lipinski definition) is 2. The molecule has 0 saturated carbocycles. The number of nitrogens with one attached hydrogen (secondary N) is 1. The first-order chi connectivity index (χ1) is 8.15. The standard InChI is InChI=1S/C12H15NO2.C2H6/c1-3-4-5-11-9(2)13-8-10(11)6-7-12(14)15;1-2/h3-5,8,13H,2,6-7H2,1H3,(H,14,15);1-2H3/b4-3-,11-5+;. The van der Waals surface area contributed by atoms with Crippen molar-refractivity contribution in [2.75, 3.05) is 0 Å². The highest BCUT2D eigenvalue weighted by Crippen LogP contribution is 1.94. The lowest BCUT2D eigenvalue weighted by Crippen LogP contribution is -2.23. The van der Waals surface area contributed by atoms with Gasteiger partial charge in [0.15, 0.2) is 0 Å². The monoisotopic (exact) mass is 235 g/mol. The number of aliphatic carboxylic acids is 1. The maximum Gasteiger partial charge on any atom is 0.303 e. The summed E-state index contributed by atoms with van der Waals surface area (Å²) >= 11 is 0. The molecule has 2 N–H and O–H groups in total. The summed E-state index contributed by atoms with van der Waals surface area (Å²) < 4.78 is 0. The molecule has 1 aromatic rings. The minimum Gasteiger partial charge on any atom is -0.481 e. The lowest BCUT2D eigenvalue weighted by atomic mass is 10.1. The molecule has 0 spiro atoms. The van der Waals surface area contributed by atoms with E-state index in [4.69, 9.17) is 5.11 Å². The second-order valence-electron chi connectivity index (χ2n) is 3.29. The number of aryl methyl sites for hydroxylation is 1. The molecular weight excluding hydrogens is 214 g/mol. The number of aromatic amines is 1. The van der Waals surface area contributed by atoms with Crippen molar-refractivity contribution in [2.45, 2.75) is 33.6 Å². The molecule has 1 heterocycles. The van der Waals surface area contributed by atoms with Gasteiger partial charge in [0.25, 0.3) is 0 Å². The highest BCUT2D eigenvalue weighted by molar-refractivity contribution is 5.67. The van der Waals surface area contributed by atoms with E-state index in [-0.39, 0.29) is 6.42 Å². The molecule has 94 valence electrons. The Morgan fingerprint density at radius 2 is 2.18 bits per heavy atom.